The maximum atomic E-state index is 12.0. The van der Waals surface area contributed by atoms with E-state index in [0.717, 1.165) is 5.56 Å². The van der Waals surface area contributed by atoms with E-state index in [1.165, 1.54) is 7.11 Å². The van der Waals surface area contributed by atoms with Crippen LogP contribution in [0.15, 0.2) is 42.5 Å². The predicted octanol–water partition coefficient (Wildman–Crippen LogP) is 3.74. The first-order chi connectivity index (χ1) is 11.9. The number of amides is 2. The van der Waals surface area contributed by atoms with E-state index in [4.69, 9.17) is 27.9 Å². The first kappa shape index (κ1) is 19.2. The van der Waals surface area contributed by atoms with Gasteiger partial charge in [-0.25, -0.2) is 0 Å². The summed E-state index contributed by atoms with van der Waals surface area (Å²) in [4.78, 5) is 24.1. The van der Waals surface area contributed by atoms with Crippen molar-refractivity contribution >= 4 is 40.7 Å². The lowest BCUT2D eigenvalue weighted by Gasteiger charge is -2.17. The van der Waals surface area contributed by atoms with Gasteiger partial charge in [-0.15, -0.1) is 0 Å². The smallest absolute Gasteiger partial charge is 0.313 e. The van der Waals surface area contributed by atoms with Crippen LogP contribution in [0.4, 0.5) is 5.69 Å². The van der Waals surface area contributed by atoms with Crippen LogP contribution in [-0.2, 0) is 14.3 Å². The van der Waals surface area contributed by atoms with E-state index < -0.39 is 17.9 Å². The summed E-state index contributed by atoms with van der Waals surface area (Å²) in [7, 11) is 1.51. The molecule has 7 heteroatoms. The van der Waals surface area contributed by atoms with Gasteiger partial charge in [-0.3, -0.25) is 9.59 Å². The van der Waals surface area contributed by atoms with Gasteiger partial charge in [0.1, 0.15) is 6.10 Å². The molecule has 2 aromatic rings. The van der Waals surface area contributed by atoms with Crippen LogP contribution in [0.3, 0.4) is 0 Å². The minimum Gasteiger partial charge on any atom is -0.375 e. The molecule has 0 heterocycles. The highest BCUT2D eigenvalue weighted by molar-refractivity contribution is 6.40. The van der Waals surface area contributed by atoms with E-state index in [1.807, 2.05) is 6.07 Å². The maximum absolute atomic E-state index is 12.0. The summed E-state index contributed by atoms with van der Waals surface area (Å²) in [5, 5.41) is 6.13. The molecule has 2 rings (SSSR count). The fraction of sp³-hybridized carbons (Fsp3) is 0.222. The van der Waals surface area contributed by atoms with Gasteiger partial charge in [0.25, 0.3) is 0 Å². The third kappa shape index (κ3) is 4.95. The monoisotopic (exact) mass is 380 g/mol. The third-order valence-electron chi connectivity index (χ3n) is 3.71. The maximum Gasteiger partial charge on any atom is 0.313 e. The standard InChI is InChI=1S/C18H18Cl2N2O3/c1-11-13(19)8-5-9-15(11)22-18(24)17(23)21-10-16(25-2)12-6-3-4-7-14(12)20/h3-9,16H,10H2,1-2H3,(H,21,23)(H,22,24). The summed E-state index contributed by atoms with van der Waals surface area (Å²) in [6.45, 7) is 1.87. The number of hydrogen-bond donors (Lipinski definition) is 2. The molecule has 0 aliphatic heterocycles. The molecule has 0 saturated carbocycles. The fourth-order valence-electron chi connectivity index (χ4n) is 2.24. The van der Waals surface area contributed by atoms with E-state index in [9.17, 15) is 9.59 Å². The number of rotatable bonds is 5. The van der Waals surface area contributed by atoms with Crippen molar-refractivity contribution in [1.82, 2.24) is 5.32 Å². The number of ether oxygens (including phenoxy) is 1. The van der Waals surface area contributed by atoms with Crippen molar-refractivity contribution in [2.75, 3.05) is 19.0 Å². The summed E-state index contributed by atoms with van der Waals surface area (Å²) >= 11 is 12.1. The van der Waals surface area contributed by atoms with Crippen molar-refractivity contribution < 1.29 is 14.3 Å². The quantitative estimate of drug-likeness (QED) is 0.776. The van der Waals surface area contributed by atoms with Crippen molar-refractivity contribution in [2.45, 2.75) is 13.0 Å². The van der Waals surface area contributed by atoms with Crippen LogP contribution in [0.5, 0.6) is 0 Å². The van der Waals surface area contributed by atoms with Crippen LogP contribution in [0, 0.1) is 6.92 Å². The molecule has 132 valence electrons. The molecule has 5 nitrogen and oxygen atoms in total. The van der Waals surface area contributed by atoms with Crippen LogP contribution in [0.25, 0.3) is 0 Å². The Morgan fingerprint density at radius 3 is 2.40 bits per heavy atom. The Morgan fingerprint density at radius 2 is 1.72 bits per heavy atom. The number of anilines is 1. The number of nitrogens with one attached hydrogen (secondary N) is 2. The van der Waals surface area contributed by atoms with Gasteiger partial charge in [-0.2, -0.15) is 0 Å². The normalized spacial score (nSPS) is 11.7. The van der Waals surface area contributed by atoms with Crippen LogP contribution in [-0.4, -0.2) is 25.5 Å². The molecule has 0 radical (unpaired) electrons. The minimum atomic E-state index is -0.778. The second-order valence-electron chi connectivity index (χ2n) is 5.32. The Morgan fingerprint density at radius 1 is 1.04 bits per heavy atom. The zero-order chi connectivity index (χ0) is 18.4. The Bertz CT molecular complexity index is 781. The summed E-state index contributed by atoms with van der Waals surface area (Å²) in [5.74, 6) is -1.55. The number of benzene rings is 2. The highest BCUT2D eigenvalue weighted by atomic mass is 35.5. The van der Waals surface area contributed by atoms with Gasteiger partial charge in [0.05, 0.1) is 0 Å². The molecular weight excluding hydrogens is 363 g/mol. The lowest BCUT2D eigenvalue weighted by Crippen LogP contribution is -2.38. The van der Waals surface area contributed by atoms with Gasteiger partial charge in [0.15, 0.2) is 0 Å². The van der Waals surface area contributed by atoms with Gasteiger partial charge in [0, 0.05) is 35.0 Å². The van der Waals surface area contributed by atoms with Crippen LogP contribution >= 0.6 is 23.2 Å². The van der Waals surface area contributed by atoms with Crippen molar-refractivity contribution in [3.05, 3.63) is 63.6 Å². The summed E-state index contributed by atoms with van der Waals surface area (Å²) in [5.41, 5.74) is 1.91. The molecular formula is C18H18Cl2N2O3. The average Bonchev–Trinajstić information content (AvgIpc) is 2.60. The largest absolute Gasteiger partial charge is 0.375 e. The van der Waals surface area contributed by atoms with Gasteiger partial charge in [0.2, 0.25) is 0 Å². The lowest BCUT2D eigenvalue weighted by atomic mass is 10.1. The first-order valence-electron chi connectivity index (χ1n) is 7.55. The van der Waals surface area contributed by atoms with Gasteiger partial charge >= 0.3 is 11.8 Å². The van der Waals surface area contributed by atoms with E-state index in [2.05, 4.69) is 10.6 Å². The second-order valence-corrected chi connectivity index (χ2v) is 6.14. The third-order valence-corrected chi connectivity index (χ3v) is 4.46. The summed E-state index contributed by atoms with van der Waals surface area (Å²) in [6.07, 6.45) is -0.460. The van der Waals surface area contributed by atoms with Gasteiger partial charge in [-0.1, -0.05) is 47.5 Å². The molecule has 0 fully saturated rings. The van der Waals surface area contributed by atoms with Crippen molar-refractivity contribution in [3.8, 4) is 0 Å². The molecule has 1 unspecified atom stereocenters. The van der Waals surface area contributed by atoms with Crippen LogP contribution in [0.1, 0.15) is 17.2 Å². The Labute approximate surface area is 156 Å². The Hall–Kier alpha value is -2.08. The molecule has 1 atom stereocenters. The van der Waals surface area contributed by atoms with Crippen LogP contribution < -0.4 is 10.6 Å². The molecule has 0 aliphatic carbocycles. The number of halogens is 2. The van der Waals surface area contributed by atoms with Crippen molar-refractivity contribution in [1.29, 1.82) is 0 Å². The van der Waals surface area contributed by atoms with Crippen molar-refractivity contribution in [3.63, 3.8) is 0 Å². The zero-order valence-corrected chi connectivity index (χ0v) is 15.3. The van der Waals surface area contributed by atoms with E-state index >= 15 is 0 Å². The summed E-state index contributed by atoms with van der Waals surface area (Å²) < 4.78 is 5.35. The van der Waals surface area contributed by atoms with Crippen LogP contribution in [0.2, 0.25) is 10.0 Å². The van der Waals surface area contributed by atoms with E-state index in [0.29, 0.717) is 21.3 Å². The molecule has 0 aromatic heterocycles. The van der Waals surface area contributed by atoms with E-state index in [-0.39, 0.29) is 6.54 Å². The molecule has 0 spiro atoms. The number of methoxy groups -OCH3 is 1. The molecule has 2 amide bonds. The van der Waals surface area contributed by atoms with Gasteiger partial charge in [-0.05, 0) is 30.7 Å². The van der Waals surface area contributed by atoms with Crippen molar-refractivity contribution in [2.24, 2.45) is 0 Å². The average molecular weight is 381 g/mol. The number of carbonyl (C=O) groups is 2. The minimum absolute atomic E-state index is 0.112. The molecule has 2 N–H and O–H groups in total. The topological polar surface area (TPSA) is 67.4 Å². The molecule has 0 aliphatic rings. The van der Waals surface area contributed by atoms with Gasteiger partial charge < -0.3 is 15.4 Å². The second kappa shape index (κ2) is 8.85. The number of hydrogen-bond acceptors (Lipinski definition) is 3. The predicted molar refractivity (Wildman–Crippen MR) is 99.0 cm³/mol. The molecule has 0 saturated heterocycles. The fourth-order valence-corrected chi connectivity index (χ4v) is 2.68. The first-order valence-corrected chi connectivity index (χ1v) is 8.31. The SMILES string of the molecule is COC(CNC(=O)C(=O)Nc1cccc(Cl)c1C)c1ccccc1Cl. The highest BCUT2D eigenvalue weighted by Crippen LogP contribution is 2.25. The Kier molecular flexibility index (Phi) is 6.82. The highest BCUT2D eigenvalue weighted by Gasteiger charge is 2.19. The molecule has 2 aromatic carbocycles. The zero-order valence-electron chi connectivity index (χ0n) is 13.8. The van der Waals surface area contributed by atoms with E-state index in [1.54, 1.807) is 43.3 Å². The number of carbonyl (C=O) groups excluding carboxylic acids is 2. The molecule has 0 bridgehead atoms. The summed E-state index contributed by atoms with van der Waals surface area (Å²) in [6, 6.07) is 12.2. The Balaban J connectivity index is 1.98. The lowest BCUT2D eigenvalue weighted by molar-refractivity contribution is -0.136. The molecule has 25 heavy (non-hydrogen) atoms.